The van der Waals surface area contributed by atoms with E-state index in [9.17, 15) is 19.8 Å². The van der Waals surface area contributed by atoms with Gasteiger partial charge in [-0.2, -0.15) is 0 Å². The molecule has 1 amide bonds. The zero-order valence-corrected chi connectivity index (χ0v) is 21.3. The van der Waals surface area contributed by atoms with E-state index in [0.717, 1.165) is 18.4 Å². The van der Waals surface area contributed by atoms with Crippen LogP contribution in [0, 0.1) is 5.92 Å². The molecule has 1 aromatic heterocycles. The van der Waals surface area contributed by atoms with Crippen LogP contribution in [0.1, 0.15) is 49.9 Å². The van der Waals surface area contributed by atoms with E-state index < -0.39 is 11.9 Å². The summed E-state index contributed by atoms with van der Waals surface area (Å²) in [7, 11) is 0. The Bertz CT molecular complexity index is 1040. The Morgan fingerprint density at radius 1 is 1.14 bits per heavy atom. The van der Waals surface area contributed by atoms with Crippen LogP contribution in [0.4, 0.5) is 0 Å². The van der Waals surface area contributed by atoms with Gasteiger partial charge in [0.25, 0.3) is 0 Å². The van der Waals surface area contributed by atoms with Crippen LogP contribution in [0.15, 0.2) is 36.7 Å². The second-order valence-electron chi connectivity index (χ2n) is 9.60. The van der Waals surface area contributed by atoms with Crippen LogP contribution in [0.25, 0.3) is 0 Å². The number of likely N-dealkylation sites (tertiary alicyclic amines) is 1. The topological polar surface area (TPSA) is 125 Å². The van der Waals surface area contributed by atoms with Gasteiger partial charge in [0.1, 0.15) is 5.82 Å². The molecule has 2 N–H and O–H groups in total. The van der Waals surface area contributed by atoms with Crippen LogP contribution in [0.5, 0.6) is 11.5 Å². The number of carbonyl (C=O) groups is 2. The highest BCUT2D eigenvalue weighted by Gasteiger charge is 2.47. The van der Waals surface area contributed by atoms with E-state index in [-0.39, 0.29) is 37.8 Å². The van der Waals surface area contributed by atoms with Gasteiger partial charge in [-0.15, -0.1) is 0 Å². The number of carbonyl (C=O) groups excluding carboxylic acids is 1. The molecule has 1 aromatic carbocycles. The molecule has 4 rings (SSSR count). The Hall–Kier alpha value is -3.24. The number of amides is 1. The molecule has 0 spiro atoms. The number of hydrogen-bond donors (Lipinski definition) is 2. The first-order chi connectivity index (χ1) is 18.0. The number of ether oxygens (including phenoxy) is 2. The van der Waals surface area contributed by atoms with E-state index in [1.807, 2.05) is 23.1 Å². The number of unbranched alkanes of at least 4 members (excludes halogenated alkanes) is 1. The zero-order chi connectivity index (χ0) is 26.2. The largest absolute Gasteiger partial charge is 0.481 e. The number of nitrogens with zero attached hydrogens (tertiary/aromatic N) is 4. The van der Waals surface area contributed by atoms with Gasteiger partial charge < -0.3 is 24.6 Å². The fourth-order valence-electron chi connectivity index (χ4n) is 5.32. The molecule has 0 saturated carbocycles. The molecular weight excluding hydrogens is 476 g/mol. The number of rotatable bonds is 13. The molecule has 3 heterocycles. The van der Waals surface area contributed by atoms with Crippen molar-refractivity contribution < 1.29 is 29.3 Å². The molecule has 200 valence electrons. The number of carboxylic acid groups (broad SMARTS) is 1. The van der Waals surface area contributed by atoms with Crippen LogP contribution in [0.3, 0.4) is 0 Å². The predicted octanol–water partition coefficient (Wildman–Crippen LogP) is 2.32. The summed E-state index contributed by atoms with van der Waals surface area (Å²) in [5.74, 6) is -0.0505. The van der Waals surface area contributed by atoms with Crippen LogP contribution < -0.4 is 9.47 Å². The molecule has 0 aliphatic carbocycles. The second-order valence-corrected chi connectivity index (χ2v) is 9.60. The van der Waals surface area contributed by atoms with E-state index in [1.54, 1.807) is 23.4 Å². The second kappa shape index (κ2) is 12.8. The summed E-state index contributed by atoms with van der Waals surface area (Å²) in [5.41, 5.74) is 0.857. The number of benzene rings is 1. The van der Waals surface area contributed by atoms with Crippen molar-refractivity contribution in [3.63, 3.8) is 0 Å². The average Bonchev–Trinajstić information content (AvgIpc) is 3.52. The van der Waals surface area contributed by atoms with Crippen molar-refractivity contribution in [3.05, 3.63) is 48.0 Å². The van der Waals surface area contributed by atoms with Gasteiger partial charge in [0, 0.05) is 57.0 Å². The minimum Gasteiger partial charge on any atom is -0.481 e. The van der Waals surface area contributed by atoms with Crippen molar-refractivity contribution in [3.8, 4) is 11.5 Å². The Morgan fingerprint density at radius 3 is 2.62 bits per heavy atom. The lowest BCUT2D eigenvalue weighted by Gasteiger charge is -2.29. The molecule has 3 unspecified atom stereocenters. The monoisotopic (exact) mass is 512 g/mol. The Morgan fingerprint density at radius 2 is 1.89 bits per heavy atom. The standard InChI is InChI=1S/C27H36N4O6/c1-2-3-12-30(13-5-14-32)25(33)17-31-16-20(19-6-8-22-23(15-19)37-18-36-22)26(27(34)35)21(31)7-9-24-28-10-4-11-29-24/h4,6,8,10-11,15,20-21,26,32H,2-3,5,7,9,12-14,16-18H2,1H3,(H,34,35). The SMILES string of the molecule is CCCCN(CCCO)C(=O)CN1CC(c2ccc3c(c2)OCO3)C(C(=O)O)C1CCc1ncccn1. The highest BCUT2D eigenvalue weighted by atomic mass is 16.7. The van der Waals surface area contributed by atoms with Gasteiger partial charge in [-0.25, -0.2) is 9.97 Å². The minimum atomic E-state index is -0.889. The van der Waals surface area contributed by atoms with Gasteiger partial charge >= 0.3 is 5.97 Å². The molecule has 0 bridgehead atoms. The Kier molecular flexibility index (Phi) is 9.29. The van der Waals surface area contributed by atoms with Crippen molar-refractivity contribution in [1.82, 2.24) is 19.8 Å². The number of aliphatic carboxylic acids is 1. The quantitative estimate of drug-likeness (QED) is 0.416. The van der Waals surface area contributed by atoms with Crippen LogP contribution in [0.2, 0.25) is 0 Å². The summed E-state index contributed by atoms with van der Waals surface area (Å²) in [6, 6.07) is 6.95. The lowest BCUT2D eigenvalue weighted by atomic mass is 9.83. The van der Waals surface area contributed by atoms with Gasteiger partial charge in [0.05, 0.1) is 12.5 Å². The molecule has 1 fully saturated rings. The number of aliphatic hydroxyl groups is 1. The number of aryl methyl sites for hydroxylation is 1. The van der Waals surface area contributed by atoms with E-state index in [1.165, 1.54) is 0 Å². The summed E-state index contributed by atoms with van der Waals surface area (Å²) in [6.45, 7) is 3.91. The van der Waals surface area contributed by atoms with Gasteiger partial charge in [-0.3, -0.25) is 14.5 Å². The average molecular weight is 513 g/mol. The summed E-state index contributed by atoms with van der Waals surface area (Å²) < 4.78 is 11.0. The lowest BCUT2D eigenvalue weighted by molar-refractivity contribution is -0.143. The van der Waals surface area contributed by atoms with E-state index in [4.69, 9.17) is 9.47 Å². The summed E-state index contributed by atoms with van der Waals surface area (Å²) >= 11 is 0. The van der Waals surface area contributed by atoms with Gasteiger partial charge in [0.15, 0.2) is 11.5 Å². The number of aromatic nitrogens is 2. The van der Waals surface area contributed by atoms with Crippen molar-refractivity contribution in [2.45, 2.75) is 51.0 Å². The third-order valence-electron chi connectivity index (χ3n) is 7.20. The van der Waals surface area contributed by atoms with Crippen molar-refractivity contribution in [2.24, 2.45) is 5.92 Å². The molecule has 2 aromatic rings. The number of hydrogen-bond acceptors (Lipinski definition) is 8. The highest BCUT2D eigenvalue weighted by Crippen LogP contribution is 2.42. The first kappa shape index (κ1) is 26.8. The van der Waals surface area contributed by atoms with Crippen LogP contribution >= 0.6 is 0 Å². The lowest BCUT2D eigenvalue weighted by Crippen LogP contribution is -2.45. The van der Waals surface area contributed by atoms with Crippen molar-refractivity contribution in [1.29, 1.82) is 0 Å². The summed E-state index contributed by atoms with van der Waals surface area (Å²) in [5, 5.41) is 19.7. The predicted molar refractivity (Wildman–Crippen MR) is 135 cm³/mol. The number of fused-ring (bicyclic) bond motifs is 1. The molecule has 37 heavy (non-hydrogen) atoms. The van der Waals surface area contributed by atoms with Crippen LogP contribution in [-0.4, -0.2) is 87.5 Å². The van der Waals surface area contributed by atoms with Crippen molar-refractivity contribution in [2.75, 3.05) is 39.6 Å². The Balaban J connectivity index is 1.59. The molecule has 10 heteroatoms. The van der Waals surface area contributed by atoms with Gasteiger partial charge in [-0.1, -0.05) is 19.4 Å². The normalized spacial score (nSPS) is 20.8. The maximum atomic E-state index is 13.4. The summed E-state index contributed by atoms with van der Waals surface area (Å²) in [6.07, 6.45) is 6.73. The summed E-state index contributed by atoms with van der Waals surface area (Å²) in [4.78, 5) is 38.5. The third-order valence-corrected chi connectivity index (χ3v) is 7.20. The van der Waals surface area contributed by atoms with Gasteiger partial charge in [-0.05, 0) is 43.0 Å². The fourth-order valence-corrected chi connectivity index (χ4v) is 5.32. The first-order valence-corrected chi connectivity index (χ1v) is 13.0. The van der Waals surface area contributed by atoms with Gasteiger partial charge in [0.2, 0.25) is 12.7 Å². The maximum absolute atomic E-state index is 13.4. The van der Waals surface area contributed by atoms with E-state index in [0.29, 0.717) is 56.2 Å². The van der Waals surface area contributed by atoms with E-state index in [2.05, 4.69) is 16.9 Å². The molecule has 0 radical (unpaired) electrons. The highest BCUT2D eigenvalue weighted by molar-refractivity contribution is 5.79. The van der Waals surface area contributed by atoms with Crippen molar-refractivity contribution >= 4 is 11.9 Å². The number of aliphatic hydroxyl groups excluding tert-OH is 1. The first-order valence-electron chi connectivity index (χ1n) is 13.0. The molecule has 10 nitrogen and oxygen atoms in total. The smallest absolute Gasteiger partial charge is 0.308 e. The minimum absolute atomic E-state index is 0.0204. The third kappa shape index (κ3) is 6.56. The number of carboxylic acids is 1. The fraction of sp³-hybridized carbons (Fsp3) is 0.556. The molecule has 3 atom stereocenters. The molecule has 2 aliphatic heterocycles. The zero-order valence-electron chi connectivity index (χ0n) is 21.3. The maximum Gasteiger partial charge on any atom is 0.308 e. The van der Waals surface area contributed by atoms with E-state index >= 15 is 0 Å². The van der Waals surface area contributed by atoms with Crippen LogP contribution in [-0.2, 0) is 16.0 Å². The Labute approximate surface area is 217 Å². The molecular formula is C27H36N4O6. The molecule has 1 saturated heterocycles. The molecule has 2 aliphatic rings.